The van der Waals surface area contributed by atoms with Gasteiger partial charge in [0.1, 0.15) is 0 Å². The molecule has 0 aliphatic carbocycles. The lowest BCUT2D eigenvalue weighted by Crippen LogP contribution is -2.55. The van der Waals surface area contributed by atoms with Crippen LogP contribution in [0.25, 0.3) is 0 Å². The number of hydrogen-bond donors (Lipinski definition) is 2. The molecule has 1 unspecified atom stereocenters. The standard InChI is InChI=1S/C16H24N2O2.ClH/c1-12(2)16(3,11-17)18-15(20)10-9-14(19)13-7-5-4-6-8-13;/h4-8,12H,9-11,17H2,1-3H3,(H,18,20);1H. The fourth-order valence-electron chi connectivity index (χ4n) is 1.81. The number of Topliss-reactive ketones (excluding diaryl/α,β-unsaturated/α-hetero) is 1. The van der Waals surface area contributed by atoms with Crippen LogP contribution in [0.4, 0.5) is 0 Å². The van der Waals surface area contributed by atoms with E-state index in [0.717, 1.165) is 0 Å². The zero-order valence-electron chi connectivity index (χ0n) is 12.9. The monoisotopic (exact) mass is 312 g/mol. The maximum atomic E-state index is 11.9. The summed E-state index contributed by atoms with van der Waals surface area (Å²) in [6, 6.07) is 9.02. The van der Waals surface area contributed by atoms with E-state index in [9.17, 15) is 9.59 Å². The fourth-order valence-corrected chi connectivity index (χ4v) is 1.81. The van der Waals surface area contributed by atoms with Gasteiger partial charge >= 0.3 is 0 Å². The Kier molecular flexibility index (Phi) is 8.22. The van der Waals surface area contributed by atoms with Crippen LogP contribution in [0.15, 0.2) is 30.3 Å². The first-order chi connectivity index (χ1) is 9.39. The van der Waals surface area contributed by atoms with Crippen molar-refractivity contribution in [3.8, 4) is 0 Å². The number of rotatable bonds is 7. The zero-order chi connectivity index (χ0) is 15.2. The zero-order valence-corrected chi connectivity index (χ0v) is 13.7. The van der Waals surface area contributed by atoms with Gasteiger partial charge in [0, 0.05) is 24.9 Å². The Morgan fingerprint density at radius 2 is 1.76 bits per heavy atom. The molecule has 4 nitrogen and oxygen atoms in total. The molecule has 0 aliphatic rings. The average molecular weight is 313 g/mol. The summed E-state index contributed by atoms with van der Waals surface area (Å²) in [5.74, 6) is 0.0944. The van der Waals surface area contributed by atoms with Gasteiger partial charge in [-0.3, -0.25) is 9.59 Å². The highest BCUT2D eigenvalue weighted by Gasteiger charge is 2.28. The van der Waals surface area contributed by atoms with Crippen LogP contribution in [-0.2, 0) is 4.79 Å². The minimum absolute atomic E-state index is 0. The Bertz CT molecular complexity index is 463. The summed E-state index contributed by atoms with van der Waals surface area (Å²) >= 11 is 0. The molecule has 1 aromatic carbocycles. The number of carbonyl (C=O) groups excluding carboxylic acids is 2. The molecule has 1 aromatic rings. The van der Waals surface area contributed by atoms with Crippen LogP contribution in [0.3, 0.4) is 0 Å². The molecule has 3 N–H and O–H groups in total. The van der Waals surface area contributed by atoms with Gasteiger partial charge in [0.05, 0.1) is 5.54 Å². The smallest absolute Gasteiger partial charge is 0.220 e. The first-order valence-electron chi connectivity index (χ1n) is 6.98. The highest BCUT2D eigenvalue weighted by Crippen LogP contribution is 2.15. The van der Waals surface area contributed by atoms with E-state index in [1.807, 2.05) is 39.0 Å². The predicted molar refractivity (Wildman–Crippen MR) is 87.7 cm³/mol. The molecular formula is C16H25ClN2O2. The van der Waals surface area contributed by atoms with Gasteiger partial charge in [-0.2, -0.15) is 0 Å². The molecule has 0 radical (unpaired) electrons. The maximum absolute atomic E-state index is 11.9. The highest BCUT2D eigenvalue weighted by molar-refractivity contribution is 5.97. The molecule has 0 heterocycles. The molecule has 1 rings (SSSR count). The summed E-state index contributed by atoms with van der Waals surface area (Å²) in [5, 5.41) is 2.93. The van der Waals surface area contributed by atoms with Crippen molar-refractivity contribution in [1.29, 1.82) is 0 Å². The molecule has 0 aliphatic heterocycles. The number of nitrogens with two attached hydrogens (primary N) is 1. The summed E-state index contributed by atoms with van der Waals surface area (Å²) in [6.07, 6.45) is 0.407. The summed E-state index contributed by atoms with van der Waals surface area (Å²) in [6.45, 7) is 6.34. The van der Waals surface area contributed by atoms with E-state index in [1.54, 1.807) is 12.1 Å². The van der Waals surface area contributed by atoms with E-state index in [4.69, 9.17) is 5.73 Å². The van der Waals surface area contributed by atoms with Crippen molar-refractivity contribution in [2.75, 3.05) is 6.54 Å². The third kappa shape index (κ3) is 5.86. The first-order valence-corrected chi connectivity index (χ1v) is 6.98. The van der Waals surface area contributed by atoms with Gasteiger partial charge in [-0.1, -0.05) is 44.2 Å². The Morgan fingerprint density at radius 1 is 1.19 bits per heavy atom. The average Bonchev–Trinajstić information content (AvgIpc) is 2.45. The molecule has 0 saturated carbocycles. The third-order valence-electron chi connectivity index (χ3n) is 3.80. The Labute approximate surface area is 132 Å². The van der Waals surface area contributed by atoms with Gasteiger partial charge in [-0.05, 0) is 12.8 Å². The summed E-state index contributed by atoms with van der Waals surface area (Å²) in [4.78, 5) is 23.9. The van der Waals surface area contributed by atoms with Crippen LogP contribution in [0, 0.1) is 5.92 Å². The SMILES string of the molecule is CC(C)C(C)(CN)NC(=O)CCC(=O)c1ccccc1.Cl. The fraction of sp³-hybridized carbons (Fsp3) is 0.500. The topological polar surface area (TPSA) is 72.2 Å². The van der Waals surface area contributed by atoms with E-state index >= 15 is 0 Å². The van der Waals surface area contributed by atoms with Crippen LogP contribution >= 0.6 is 12.4 Å². The van der Waals surface area contributed by atoms with Crippen LogP contribution in [0.1, 0.15) is 44.0 Å². The highest BCUT2D eigenvalue weighted by atomic mass is 35.5. The minimum atomic E-state index is -0.424. The van der Waals surface area contributed by atoms with Gasteiger partial charge in [-0.15, -0.1) is 12.4 Å². The lowest BCUT2D eigenvalue weighted by atomic mass is 9.88. The Balaban J connectivity index is 0.00000400. The lowest BCUT2D eigenvalue weighted by Gasteiger charge is -2.33. The molecule has 0 aromatic heterocycles. The largest absolute Gasteiger partial charge is 0.349 e. The predicted octanol–water partition coefficient (Wildman–Crippen LogP) is 2.56. The van der Waals surface area contributed by atoms with Gasteiger partial charge < -0.3 is 11.1 Å². The summed E-state index contributed by atoms with van der Waals surface area (Å²) in [7, 11) is 0. The molecule has 21 heavy (non-hydrogen) atoms. The molecule has 0 bridgehead atoms. The van der Waals surface area contributed by atoms with Crippen molar-refractivity contribution in [3.05, 3.63) is 35.9 Å². The maximum Gasteiger partial charge on any atom is 0.220 e. The summed E-state index contributed by atoms with van der Waals surface area (Å²) < 4.78 is 0. The second-order valence-electron chi connectivity index (χ2n) is 5.61. The van der Waals surface area contributed by atoms with Crippen molar-refractivity contribution in [2.45, 2.75) is 39.2 Å². The van der Waals surface area contributed by atoms with Crippen molar-refractivity contribution in [2.24, 2.45) is 11.7 Å². The Morgan fingerprint density at radius 3 is 2.24 bits per heavy atom. The van der Waals surface area contributed by atoms with E-state index in [1.165, 1.54) is 0 Å². The molecule has 0 fully saturated rings. The molecule has 1 amide bonds. The molecule has 5 heteroatoms. The molecule has 1 atom stereocenters. The molecule has 0 spiro atoms. The number of benzene rings is 1. The van der Waals surface area contributed by atoms with Crippen LogP contribution in [0.5, 0.6) is 0 Å². The van der Waals surface area contributed by atoms with Crippen molar-refractivity contribution >= 4 is 24.1 Å². The van der Waals surface area contributed by atoms with Crippen molar-refractivity contribution in [1.82, 2.24) is 5.32 Å². The van der Waals surface area contributed by atoms with Crippen molar-refractivity contribution in [3.63, 3.8) is 0 Å². The van der Waals surface area contributed by atoms with E-state index in [-0.39, 0.29) is 42.9 Å². The van der Waals surface area contributed by atoms with Crippen LogP contribution < -0.4 is 11.1 Å². The quantitative estimate of drug-likeness (QED) is 0.760. The van der Waals surface area contributed by atoms with E-state index in [2.05, 4.69) is 5.32 Å². The lowest BCUT2D eigenvalue weighted by molar-refractivity contribution is -0.123. The number of halogens is 1. The van der Waals surface area contributed by atoms with Crippen LogP contribution in [-0.4, -0.2) is 23.8 Å². The number of hydrogen-bond acceptors (Lipinski definition) is 3. The van der Waals surface area contributed by atoms with Crippen LogP contribution in [0.2, 0.25) is 0 Å². The van der Waals surface area contributed by atoms with E-state index < -0.39 is 5.54 Å². The van der Waals surface area contributed by atoms with Gasteiger partial charge in [-0.25, -0.2) is 0 Å². The van der Waals surface area contributed by atoms with Gasteiger partial charge in [0.2, 0.25) is 5.91 Å². The number of amides is 1. The van der Waals surface area contributed by atoms with Crippen molar-refractivity contribution < 1.29 is 9.59 Å². The number of carbonyl (C=O) groups is 2. The number of nitrogens with one attached hydrogen (secondary N) is 1. The Hall–Kier alpha value is -1.39. The molecular weight excluding hydrogens is 288 g/mol. The normalized spacial score (nSPS) is 13.2. The van der Waals surface area contributed by atoms with Gasteiger partial charge in [0.25, 0.3) is 0 Å². The molecule has 118 valence electrons. The second-order valence-corrected chi connectivity index (χ2v) is 5.61. The van der Waals surface area contributed by atoms with Gasteiger partial charge in [0.15, 0.2) is 5.78 Å². The minimum Gasteiger partial charge on any atom is -0.349 e. The summed E-state index contributed by atoms with van der Waals surface area (Å²) in [5.41, 5.74) is 5.94. The first kappa shape index (κ1) is 19.6. The number of ketones is 1. The third-order valence-corrected chi connectivity index (χ3v) is 3.80. The molecule has 0 saturated heterocycles. The van der Waals surface area contributed by atoms with E-state index in [0.29, 0.717) is 12.1 Å². The second kappa shape index (κ2) is 8.80.